The molecule has 94 valence electrons. The van der Waals surface area contributed by atoms with Gasteiger partial charge in [0.25, 0.3) is 5.91 Å². The van der Waals surface area contributed by atoms with Gasteiger partial charge >= 0.3 is 0 Å². The molecule has 0 saturated heterocycles. The second-order valence-electron chi connectivity index (χ2n) is 4.03. The number of carbonyl (C=O) groups is 1. The van der Waals surface area contributed by atoms with Gasteiger partial charge in [-0.05, 0) is 12.1 Å². The van der Waals surface area contributed by atoms with E-state index >= 15 is 0 Å². The maximum absolute atomic E-state index is 12.7. The van der Waals surface area contributed by atoms with Gasteiger partial charge in [-0.2, -0.15) is 0 Å². The molecule has 5 heteroatoms. The summed E-state index contributed by atoms with van der Waals surface area (Å²) in [5, 5.41) is 15.2. The Morgan fingerprint density at radius 2 is 2.12 bits per heavy atom. The molecule has 1 amide bonds. The van der Waals surface area contributed by atoms with Gasteiger partial charge in [0.2, 0.25) is 0 Å². The number of phenolic OH excluding ortho intramolecular Hbond substituents is 1. The Hall–Kier alpha value is -1.62. The summed E-state index contributed by atoms with van der Waals surface area (Å²) in [6, 6.07) is 3.67. The topological polar surface area (TPSA) is 61.4 Å². The summed E-state index contributed by atoms with van der Waals surface area (Å²) in [5.74, 6) is -1.33. The van der Waals surface area contributed by atoms with Crippen molar-refractivity contribution in [3.63, 3.8) is 0 Å². The Kier molecular flexibility index (Phi) is 4.90. The normalized spacial score (nSPS) is 10.6. The van der Waals surface area contributed by atoms with Crippen LogP contribution in [0.15, 0.2) is 18.2 Å². The molecule has 1 aromatic carbocycles. The van der Waals surface area contributed by atoms with E-state index in [1.54, 1.807) is 0 Å². The van der Waals surface area contributed by atoms with Gasteiger partial charge in [-0.15, -0.1) is 0 Å². The van der Waals surface area contributed by atoms with Crippen molar-refractivity contribution >= 4 is 5.91 Å². The van der Waals surface area contributed by atoms with Gasteiger partial charge in [-0.1, -0.05) is 13.8 Å². The number of carbonyl (C=O) groups excluding carboxylic acids is 1. The van der Waals surface area contributed by atoms with Crippen molar-refractivity contribution in [1.82, 2.24) is 10.6 Å². The van der Waals surface area contributed by atoms with Crippen LogP contribution in [0.5, 0.6) is 5.75 Å². The summed E-state index contributed by atoms with van der Waals surface area (Å²) >= 11 is 0. The minimum absolute atomic E-state index is 0.0796. The van der Waals surface area contributed by atoms with Gasteiger partial charge in [0, 0.05) is 25.2 Å². The van der Waals surface area contributed by atoms with E-state index in [1.165, 1.54) is 6.07 Å². The fraction of sp³-hybridized carbons (Fsp3) is 0.417. The number of halogens is 1. The molecule has 0 aliphatic rings. The molecule has 3 N–H and O–H groups in total. The Morgan fingerprint density at radius 3 is 2.71 bits per heavy atom. The lowest BCUT2D eigenvalue weighted by Gasteiger charge is -2.09. The first-order valence-corrected chi connectivity index (χ1v) is 5.51. The molecule has 1 aromatic rings. The van der Waals surface area contributed by atoms with Gasteiger partial charge in [0.15, 0.2) is 0 Å². The molecule has 0 radical (unpaired) electrons. The number of nitrogens with one attached hydrogen (secondary N) is 2. The maximum Gasteiger partial charge on any atom is 0.255 e. The fourth-order valence-corrected chi connectivity index (χ4v) is 1.33. The van der Waals surface area contributed by atoms with Crippen LogP contribution in [0, 0.1) is 5.82 Å². The lowest BCUT2D eigenvalue weighted by atomic mass is 10.2. The lowest BCUT2D eigenvalue weighted by Crippen LogP contribution is -2.34. The Balaban J connectivity index is 2.47. The molecule has 0 saturated carbocycles. The van der Waals surface area contributed by atoms with Crippen LogP contribution in [-0.2, 0) is 0 Å². The van der Waals surface area contributed by atoms with E-state index < -0.39 is 11.7 Å². The molecule has 0 fully saturated rings. The smallest absolute Gasteiger partial charge is 0.255 e. The predicted molar refractivity (Wildman–Crippen MR) is 63.5 cm³/mol. The number of phenols is 1. The highest BCUT2D eigenvalue weighted by molar-refractivity contribution is 5.96. The van der Waals surface area contributed by atoms with Crippen LogP contribution >= 0.6 is 0 Å². The number of aromatic hydroxyl groups is 1. The SMILES string of the molecule is CC(C)NCCNC(=O)c1ccc(F)cc1O. The minimum atomic E-state index is -0.569. The molecule has 1 rings (SSSR count). The van der Waals surface area contributed by atoms with E-state index in [9.17, 15) is 14.3 Å². The molecule has 0 aliphatic carbocycles. The Bertz CT molecular complexity index is 394. The third-order valence-electron chi connectivity index (χ3n) is 2.17. The van der Waals surface area contributed by atoms with Crippen LogP contribution < -0.4 is 10.6 Å². The number of hydrogen-bond acceptors (Lipinski definition) is 3. The second kappa shape index (κ2) is 6.20. The highest BCUT2D eigenvalue weighted by Gasteiger charge is 2.10. The monoisotopic (exact) mass is 240 g/mol. The number of amides is 1. The second-order valence-corrected chi connectivity index (χ2v) is 4.03. The van der Waals surface area contributed by atoms with Crippen molar-refractivity contribution in [2.24, 2.45) is 0 Å². The van der Waals surface area contributed by atoms with Crippen LogP contribution in [0.1, 0.15) is 24.2 Å². The van der Waals surface area contributed by atoms with Crippen molar-refractivity contribution < 1.29 is 14.3 Å². The van der Waals surface area contributed by atoms with Gasteiger partial charge < -0.3 is 15.7 Å². The first-order valence-electron chi connectivity index (χ1n) is 5.51. The first-order chi connectivity index (χ1) is 8.00. The molecular weight excluding hydrogens is 223 g/mol. The van der Waals surface area contributed by atoms with E-state index in [-0.39, 0.29) is 11.3 Å². The third kappa shape index (κ3) is 4.40. The van der Waals surface area contributed by atoms with Crippen LogP contribution in [0.3, 0.4) is 0 Å². The molecule has 17 heavy (non-hydrogen) atoms. The summed E-state index contributed by atoms with van der Waals surface area (Å²) in [5.41, 5.74) is 0.0796. The molecule has 0 spiro atoms. The van der Waals surface area contributed by atoms with Crippen molar-refractivity contribution in [3.8, 4) is 5.75 Å². The Labute approximate surface area is 99.8 Å². The highest BCUT2D eigenvalue weighted by Crippen LogP contribution is 2.17. The van der Waals surface area contributed by atoms with Crippen LogP contribution in [0.4, 0.5) is 4.39 Å². The van der Waals surface area contributed by atoms with E-state index in [0.717, 1.165) is 12.1 Å². The first kappa shape index (κ1) is 13.4. The van der Waals surface area contributed by atoms with E-state index in [0.29, 0.717) is 19.1 Å². The average Bonchev–Trinajstić information content (AvgIpc) is 2.23. The van der Waals surface area contributed by atoms with Gasteiger partial charge in [0.05, 0.1) is 5.56 Å². The number of rotatable bonds is 5. The van der Waals surface area contributed by atoms with Crippen molar-refractivity contribution in [3.05, 3.63) is 29.6 Å². The highest BCUT2D eigenvalue weighted by atomic mass is 19.1. The molecule has 0 aliphatic heterocycles. The predicted octanol–water partition coefficient (Wildman–Crippen LogP) is 1.26. The fourth-order valence-electron chi connectivity index (χ4n) is 1.33. The zero-order valence-corrected chi connectivity index (χ0v) is 9.96. The van der Waals surface area contributed by atoms with E-state index in [4.69, 9.17) is 0 Å². The maximum atomic E-state index is 12.7. The molecule has 0 unspecified atom stereocenters. The van der Waals surface area contributed by atoms with Crippen LogP contribution in [0.25, 0.3) is 0 Å². The van der Waals surface area contributed by atoms with Gasteiger partial charge in [-0.3, -0.25) is 4.79 Å². The molecular formula is C12H17FN2O2. The van der Waals surface area contributed by atoms with Crippen LogP contribution in [0.2, 0.25) is 0 Å². The molecule has 0 atom stereocenters. The van der Waals surface area contributed by atoms with Gasteiger partial charge in [-0.25, -0.2) is 4.39 Å². The van der Waals surface area contributed by atoms with Crippen molar-refractivity contribution in [2.75, 3.05) is 13.1 Å². The number of benzene rings is 1. The van der Waals surface area contributed by atoms with Gasteiger partial charge in [0.1, 0.15) is 11.6 Å². The zero-order valence-electron chi connectivity index (χ0n) is 9.96. The zero-order chi connectivity index (χ0) is 12.8. The summed E-state index contributed by atoms with van der Waals surface area (Å²) in [7, 11) is 0. The lowest BCUT2D eigenvalue weighted by molar-refractivity contribution is 0.0951. The van der Waals surface area contributed by atoms with E-state index in [2.05, 4.69) is 10.6 Å². The number of hydrogen-bond donors (Lipinski definition) is 3. The quantitative estimate of drug-likeness (QED) is 0.679. The standard InChI is InChI=1S/C12H17FN2O2/c1-8(2)14-5-6-15-12(17)10-4-3-9(13)7-11(10)16/h3-4,7-8,14,16H,5-6H2,1-2H3,(H,15,17). The molecule has 0 aromatic heterocycles. The Morgan fingerprint density at radius 1 is 1.41 bits per heavy atom. The summed E-state index contributed by atoms with van der Waals surface area (Å²) < 4.78 is 12.7. The molecule has 0 heterocycles. The third-order valence-corrected chi connectivity index (χ3v) is 2.17. The molecule has 4 nitrogen and oxygen atoms in total. The van der Waals surface area contributed by atoms with Crippen molar-refractivity contribution in [2.45, 2.75) is 19.9 Å². The average molecular weight is 240 g/mol. The minimum Gasteiger partial charge on any atom is -0.507 e. The van der Waals surface area contributed by atoms with Crippen molar-refractivity contribution in [1.29, 1.82) is 0 Å². The van der Waals surface area contributed by atoms with Crippen LogP contribution in [-0.4, -0.2) is 30.1 Å². The molecule has 0 bridgehead atoms. The largest absolute Gasteiger partial charge is 0.507 e. The summed E-state index contributed by atoms with van der Waals surface area (Å²) in [6.45, 7) is 5.11. The summed E-state index contributed by atoms with van der Waals surface area (Å²) in [4.78, 5) is 11.6. The summed E-state index contributed by atoms with van der Waals surface area (Å²) in [6.07, 6.45) is 0. The van der Waals surface area contributed by atoms with E-state index in [1.807, 2.05) is 13.8 Å².